The molecule has 0 radical (unpaired) electrons. The highest BCUT2D eigenvalue weighted by Gasteiger charge is 2.20. The van der Waals surface area contributed by atoms with Crippen molar-refractivity contribution < 1.29 is 24.2 Å². The topological polar surface area (TPSA) is 147 Å². The maximum absolute atomic E-state index is 12.8. The third kappa shape index (κ3) is 4.84. The fraction of sp³-hybridized carbons (Fsp3) is 0.211. The lowest BCUT2D eigenvalue weighted by Gasteiger charge is -2.04. The number of benzene rings is 2. The van der Waals surface area contributed by atoms with Gasteiger partial charge in [0, 0.05) is 24.4 Å². The van der Waals surface area contributed by atoms with E-state index in [0.29, 0.717) is 27.4 Å². The lowest BCUT2D eigenvalue weighted by atomic mass is 10.1. The van der Waals surface area contributed by atoms with Crippen LogP contribution < -0.4 is 4.80 Å². The molecular formula is C19H16N4O7S2. The first kappa shape index (κ1) is 23.1. The number of amides is 1. The van der Waals surface area contributed by atoms with E-state index in [4.69, 9.17) is 4.74 Å². The number of hydrogen-bond acceptors (Lipinski definition) is 9. The molecule has 1 aromatic heterocycles. The number of nitro groups is 2. The van der Waals surface area contributed by atoms with Crippen LogP contribution in [-0.2, 0) is 11.3 Å². The van der Waals surface area contributed by atoms with Gasteiger partial charge in [0.1, 0.15) is 0 Å². The summed E-state index contributed by atoms with van der Waals surface area (Å²) < 4.78 is 7.22. The largest absolute Gasteiger partial charge is 0.465 e. The van der Waals surface area contributed by atoms with E-state index in [1.54, 1.807) is 34.5 Å². The SMILES string of the molecule is COC(=O)c1ccc2c(c1)sc(=NC(=O)c1cc([N+](=O)[O-])cc([N+](=O)[O-])c1)n2CCSC. The van der Waals surface area contributed by atoms with Crippen molar-refractivity contribution in [3.63, 3.8) is 0 Å². The first-order valence-electron chi connectivity index (χ1n) is 8.98. The van der Waals surface area contributed by atoms with Crippen molar-refractivity contribution in [3.8, 4) is 0 Å². The molecule has 3 aromatic rings. The van der Waals surface area contributed by atoms with Gasteiger partial charge in [0.05, 0.1) is 44.4 Å². The van der Waals surface area contributed by atoms with Crippen molar-refractivity contribution in [1.29, 1.82) is 0 Å². The molecule has 0 bridgehead atoms. The summed E-state index contributed by atoms with van der Waals surface area (Å²) in [4.78, 5) is 49.6. The summed E-state index contributed by atoms with van der Waals surface area (Å²) >= 11 is 2.74. The van der Waals surface area contributed by atoms with Crippen molar-refractivity contribution in [3.05, 3.63) is 72.6 Å². The van der Waals surface area contributed by atoms with Crippen LogP contribution in [0.1, 0.15) is 20.7 Å². The molecule has 1 amide bonds. The molecule has 2 aromatic carbocycles. The molecule has 3 rings (SSSR count). The Hall–Kier alpha value is -3.58. The minimum atomic E-state index is -0.852. The average molecular weight is 476 g/mol. The fourth-order valence-corrected chi connectivity index (χ4v) is 4.34. The summed E-state index contributed by atoms with van der Waals surface area (Å²) in [5.74, 6) is -0.641. The number of carbonyl (C=O) groups is 2. The Kier molecular flexibility index (Phi) is 7.00. The van der Waals surface area contributed by atoms with Gasteiger partial charge in [-0.1, -0.05) is 11.3 Å². The molecule has 0 aliphatic carbocycles. The highest BCUT2D eigenvalue weighted by Crippen LogP contribution is 2.24. The van der Waals surface area contributed by atoms with Gasteiger partial charge in [0.2, 0.25) is 0 Å². The quantitative estimate of drug-likeness (QED) is 0.286. The summed E-state index contributed by atoms with van der Waals surface area (Å²) in [5.41, 5.74) is -0.340. The molecule has 32 heavy (non-hydrogen) atoms. The zero-order chi connectivity index (χ0) is 23.4. The van der Waals surface area contributed by atoms with Crippen molar-refractivity contribution in [2.45, 2.75) is 6.54 Å². The second-order valence-corrected chi connectivity index (χ2v) is 8.37. The monoisotopic (exact) mass is 476 g/mol. The van der Waals surface area contributed by atoms with Crippen LogP contribution in [0.2, 0.25) is 0 Å². The summed E-state index contributed by atoms with van der Waals surface area (Å²) in [6.45, 7) is 0.514. The van der Waals surface area contributed by atoms with E-state index in [1.165, 1.54) is 7.11 Å². The molecule has 0 atom stereocenters. The number of thiazole rings is 1. The van der Waals surface area contributed by atoms with Gasteiger partial charge in [-0.05, 0) is 24.5 Å². The Balaban J connectivity index is 2.16. The smallest absolute Gasteiger partial charge is 0.337 e. The van der Waals surface area contributed by atoms with Gasteiger partial charge in [-0.2, -0.15) is 16.8 Å². The van der Waals surface area contributed by atoms with E-state index in [0.717, 1.165) is 35.1 Å². The van der Waals surface area contributed by atoms with E-state index < -0.39 is 33.1 Å². The Morgan fingerprint density at radius 1 is 1.09 bits per heavy atom. The number of esters is 1. The second kappa shape index (κ2) is 9.70. The molecule has 0 saturated heterocycles. The molecule has 0 fully saturated rings. The number of nitro benzene ring substituents is 2. The molecular weight excluding hydrogens is 460 g/mol. The highest BCUT2D eigenvalue weighted by atomic mass is 32.2. The van der Waals surface area contributed by atoms with Crippen LogP contribution in [-0.4, -0.2) is 45.4 Å². The number of hydrogen-bond donors (Lipinski definition) is 0. The molecule has 0 spiro atoms. The van der Waals surface area contributed by atoms with Crippen molar-refractivity contribution >= 4 is 56.6 Å². The standard InChI is InChI=1S/C19H16N4O7S2/c1-30-18(25)11-3-4-15-16(9-11)32-19(21(15)5-6-31-2)20-17(24)12-7-13(22(26)27)10-14(8-12)23(28)29/h3-4,7-10H,5-6H2,1-2H3. The number of fused-ring (bicyclic) bond motifs is 1. The molecule has 11 nitrogen and oxygen atoms in total. The third-order valence-corrected chi connectivity index (χ3v) is 6.02. The number of rotatable bonds is 7. The molecule has 0 N–H and O–H groups in total. The molecule has 166 valence electrons. The normalized spacial score (nSPS) is 11.5. The summed E-state index contributed by atoms with van der Waals surface area (Å²) in [6.07, 6.45) is 1.93. The van der Waals surface area contributed by atoms with E-state index in [-0.39, 0.29) is 5.56 Å². The highest BCUT2D eigenvalue weighted by molar-refractivity contribution is 7.98. The van der Waals surface area contributed by atoms with Gasteiger partial charge in [-0.25, -0.2) is 4.79 Å². The van der Waals surface area contributed by atoms with Gasteiger partial charge in [-0.15, -0.1) is 0 Å². The van der Waals surface area contributed by atoms with Gasteiger partial charge in [0.25, 0.3) is 17.3 Å². The van der Waals surface area contributed by atoms with Crippen molar-refractivity contribution in [1.82, 2.24) is 4.57 Å². The minimum absolute atomic E-state index is 0.268. The number of ether oxygens (including phenoxy) is 1. The van der Waals surface area contributed by atoms with Gasteiger partial charge in [-0.3, -0.25) is 25.0 Å². The lowest BCUT2D eigenvalue weighted by Crippen LogP contribution is -2.18. The Morgan fingerprint density at radius 2 is 1.75 bits per heavy atom. The second-order valence-electron chi connectivity index (χ2n) is 6.37. The van der Waals surface area contributed by atoms with Crippen LogP contribution >= 0.6 is 23.1 Å². The maximum atomic E-state index is 12.8. The third-order valence-electron chi connectivity index (χ3n) is 4.39. The van der Waals surface area contributed by atoms with Crippen LogP contribution in [0.4, 0.5) is 11.4 Å². The predicted octanol–water partition coefficient (Wildman–Crippen LogP) is 3.41. The number of methoxy groups -OCH3 is 1. The molecule has 1 heterocycles. The lowest BCUT2D eigenvalue weighted by molar-refractivity contribution is -0.394. The molecule has 13 heteroatoms. The van der Waals surface area contributed by atoms with Crippen molar-refractivity contribution in [2.24, 2.45) is 4.99 Å². The zero-order valence-electron chi connectivity index (χ0n) is 16.8. The maximum Gasteiger partial charge on any atom is 0.337 e. The first-order valence-corrected chi connectivity index (χ1v) is 11.2. The molecule has 0 aliphatic heterocycles. The first-order chi connectivity index (χ1) is 15.2. The van der Waals surface area contributed by atoms with Crippen LogP contribution in [0.5, 0.6) is 0 Å². The van der Waals surface area contributed by atoms with Crippen LogP contribution in [0.25, 0.3) is 10.2 Å². The molecule has 0 aliphatic rings. The fourth-order valence-electron chi connectivity index (χ4n) is 2.88. The van der Waals surface area contributed by atoms with Crippen LogP contribution in [0.15, 0.2) is 41.4 Å². The minimum Gasteiger partial charge on any atom is -0.465 e. The van der Waals surface area contributed by atoms with Crippen LogP contribution in [0.3, 0.4) is 0 Å². The average Bonchev–Trinajstić information content (AvgIpc) is 3.12. The van der Waals surface area contributed by atoms with E-state index >= 15 is 0 Å². The van der Waals surface area contributed by atoms with Gasteiger partial charge in [0.15, 0.2) is 4.80 Å². The van der Waals surface area contributed by atoms with Crippen LogP contribution in [0, 0.1) is 20.2 Å². The number of aromatic nitrogens is 1. The number of thioether (sulfide) groups is 1. The Morgan fingerprint density at radius 3 is 2.31 bits per heavy atom. The summed E-state index contributed by atoms with van der Waals surface area (Å²) in [6, 6.07) is 7.64. The number of carbonyl (C=O) groups excluding carboxylic acids is 2. The predicted molar refractivity (Wildman–Crippen MR) is 119 cm³/mol. The number of non-ortho nitro benzene ring substituents is 2. The van der Waals surface area contributed by atoms with Gasteiger partial charge < -0.3 is 9.30 Å². The Bertz CT molecular complexity index is 1280. The summed E-state index contributed by atoms with van der Waals surface area (Å²) in [7, 11) is 1.28. The number of aryl methyl sites for hydroxylation is 1. The molecule has 0 unspecified atom stereocenters. The number of nitrogens with zero attached hydrogens (tertiary/aromatic N) is 4. The van der Waals surface area contributed by atoms with Crippen molar-refractivity contribution in [2.75, 3.05) is 19.1 Å². The molecule has 0 saturated carbocycles. The van der Waals surface area contributed by atoms with E-state index in [1.807, 2.05) is 6.26 Å². The Labute approximate surface area is 188 Å². The van der Waals surface area contributed by atoms with E-state index in [9.17, 15) is 29.8 Å². The zero-order valence-corrected chi connectivity index (χ0v) is 18.5. The summed E-state index contributed by atoms with van der Waals surface area (Å²) in [5, 5.41) is 22.2. The van der Waals surface area contributed by atoms with Gasteiger partial charge >= 0.3 is 5.97 Å². The van der Waals surface area contributed by atoms with E-state index in [2.05, 4.69) is 4.99 Å².